The number of aliphatic carboxylic acids is 6. The fourth-order valence-electron chi connectivity index (χ4n) is 8.29. The molecule has 2 aromatic carbocycles. The van der Waals surface area contributed by atoms with Gasteiger partial charge in [-0.1, -0.05) is 43.3 Å². The van der Waals surface area contributed by atoms with Gasteiger partial charge in [0.05, 0.1) is 150 Å². The maximum atomic E-state index is 13.5. The molecule has 3 rings (SSSR count). The minimum atomic E-state index is -1.56. The topological polar surface area (TPSA) is 423 Å². The zero-order valence-electron chi connectivity index (χ0n) is 47.6. The molecule has 0 aliphatic heterocycles. The number of hydrogen-bond acceptors (Lipinski definition) is 19. The third kappa shape index (κ3) is 31.4. The van der Waals surface area contributed by atoms with E-state index in [-0.39, 0.29) is 145 Å². The molecule has 85 heavy (non-hydrogen) atoms. The Hall–Kier alpha value is -7.38. The Morgan fingerprint density at radius 3 is 1.34 bits per heavy atom. The zero-order chi connectivity index (χ0) is 62.5. The van der Waals surface area contributed by atoms with E-state index in [1.54, 1.807) is 0 Å². The molecule has 10 N–H and O–H groups in total. The van der Waals surface area contributed by atoms with Gasteiger partial charge in [0.1, 0.15) is 17.7 Å². The number of carboxylic acids is 6. The molecule has 1 unspecified atom stereocenters. The number of rotatable bonds is 49. The summed E-state index contributed by atoms with van der Waals surface area (Å²) in [6, 6.07) is 9.03. The number of benzene rings is 2. The third-order valence-corrected chi connectivity index (χ3v) is 12.4. The van der Waals surface area contributed by atoms with E-state index in [0.29, 0.717) is 5.92 Å². The van der Waals surface area contributed by atoms with Crippen molar-refractivity contribution in [3.05, 3.63) is 53.1 Å². The molecule has 29 nitrogen and oxygen atoms in total. The van der Waals surface area contributed by atoms with E-state index < -0.39 is 115 Å². The van der Waals surface area contributed by atoms with Gasteiger partial charge < -0.3 is 94.5 Å². The Kier molecular flexibility index (Phi) is 33.9. The Bertz CT molecular complexity index is 2320. The highest BCUT2D eigenvalue weighted by Crippen LogP contribution is 2.33. The predicted octanol–water partition coefficient (Wildman–Crippen LogP) is 2.01. The van der Waals surface area contributed by atoms with Crippen LogP contribution in [0.15, 0.2) is 36.4 Å². The average Bonchev–Trinajstić information content (AvgIpc) is 3.58. The first kappa shape index (κ1) is 71.9. The number of alkyl carbamates (subject to hydrolysis) is 1. The molecule has 0 aromatic heterocycles. The molecule has 0 radical (unpaired) electrons. The number of ether oxygens (including phenoxy) is 9. The van der Waals surface area contributed by atoms with E-state index >= 15 is 0 Å². The summed E-state index contributed by atoms with van der Waals surface area (Å²) in [5.74, 6) is -8.59. The second-order valence-electron chi connectivity index (χ2n) is 20.0. The van der Waals surface area contributed by atoms with Gasteiger partial charge in [0.2, 0.25) is 17.7 Å². The largest absolute Gasteiger partial charge is 0.481 e. The van der Waals surface area contributed by atoms with Crippen molar-refractivity contribution in [2.24, 2.45) is 5.92 Å². The number of amides is 4. The first-order valence-corrected chi connectivity index (χ1v) is 27.6. The summed E-state index contributed by atoms with van der Waals surface area (Å²) < 4.78 is 50.5. The lowest BCUT2D eigenvalue weighted by molar-refractivity contribution is -0.142. The highest BCUT2D eigenvalue weighted by Gasteiger charge is 2.36. The van der Waals surface area contributed by atoms with Gasteiger partial charge >= 0.3 is 41.9 Å². The van der Waals surface area contributed by atoms with Crippen molar-refractivity contribution in [3.63, 3.8) is 0 Å². The van der Waals surface area contributed by atoms with Crippen molar-refractivity contribution in [2.75, 3.05) is 112 Å². The van der Waals surface area contributed by atoms with E-state index in [9.17, 15) is 47.9 Å². The van der Waals surface area contributed by atoms with Gasteiger partial charge in [-0.15, -0.1) is 0 Å². The van der Waals surface area contributed by atoms with E-state index in [0.717, 1.165) is 33.9 Å². The van der Waals surface area contributed by atoms with Gasteiger partial charge in [-0.05, 0) is 46.7 Å². The Labute approximate surface area is 490 Å². The van der Waals surface area contributed by atoms with E-state index in [1.165, 1.54) is 0 Å². The van der Waals surface area contributed by atoms with Gasteiger partial charge in [0.15, 0.2) is 0 Å². The van der Waals surface area contributed by atoms with Crippen LogP contribution in [0.3, 0.4) is 0 Å². The molecule has 1 aliphatic carbocycles. The fraction of sp³-hybridized carbons (Fsp3) is 0.607. The Morgan fingerprint density at radius 1 is 0.529 bits per heavy atom. The lowest BCUT2D eigenvalue weighted by Crippen LogP contribution is -2.59. The standard InChI is InChI=1S/C56H80N4O25/c1-38-8-9-40-28-39-5-2-3-6-42(39)44(43(40)27-38)31-85-54(76)57-18-4-7-45(61)58-41(29-77-19-10-46(62)59-55(32-79-21-12-48(64)65,33-80-22-13-49(66)67)34-81-23-14-50(68)69)30-78-20-11-47(63)60-56(35-82-24-15-51(70)71,36-83-25-16-52(72)73)37-84-26-17-53(74)75/h2-3,5-6,8-9,28,38,41H,4,7,10-27,29-37H2,1H3,(H,57,76)(H,58,61)(H,59,62)(H,60,63)(H,64,65)(H,66,67)(H,68,69)(H,70,71)(H,72,73)(H,74,75). The molecule has 4 amide bonds. The van der Waals surface area contributed by atoms with Gasteiger partial charge in [-0.25, -0.2) is 4.79 Å². The van der Waals surface area contributed by atoms with Gasteiger partial charge in [0, 0.05) is 31.4 Å². The maximum absolute atomic E-state index is 13.5. The summed E-state index contributed by atoms with van der Waals surface area (Å²) in [6.45, 7) is -3.00. The molecule has 29 heteroatoms. The number of fused-ring (bicyclic) bond motifs is 2. The normalized spacial score (nSPS) is 13.0. The van der Waals surface area contributed by atoms with Crippen LogP contribution in [0.4, 0.5) is 4.79 Å². The second-order valence-corrected chi connectivity index (χ2v) is 20.0. The van der Waals surface area contributed by atoms with Crippen LogP contribution in [-0.2, 0) is 98.8 Å². The van der Waals surface area contributed by atoms with Gasteiger partial charge in [-0.3, -0.25) is 43.2 Å². The highest BCUT2D eigenvalue weighted by molar-refractivity contribution is 5.90. The van der Waals surface area contributed by atoms with Gasteiger partial charge in [-0.2, -0.15) is 0 Å². The molecule has 2 aromatic rings. The number of carbonyl (C=O) groups is 10. The fourth-order valence-corrected chi connectivity index (χ4v) is 8.29. The van der Waals surface area contributed by atoms with E-state index in [1.807, 2.05) is 24.3 Å². The zero-order valence-corrected chi connectivity index (χ0v) is 47.6. The Balaban J connectivity index is 1.71. The molecular formula is C56H80N4O25. The number of allylic oxidation sites excluding steroid dienone is 1. The van der Waals surface area contributed by atoms with Crippen molar-refractivity contribution in [1.29, 1.82) is 0 Å². The van der Waals surface area contributed by atoms with Crippen LogP contribution in [0.25, 0.3) is 16.8 Å². The number of hydrogen-bond donors (Lipinski definition) is 10. The molecule has 0 saturated heterocycles. The maximum Gasteiger partial charge on any atom is 0.407 e. The van der Waals surface area contributed by atoms with E-state index in [2.05, 4.69) is 46.4 Å². The number of carbonyl (C=O) groups excluding carboxylic acids is 4. The smallest absolute Gasteiger partial charge is 0.407 e. The first-order chi connectivity index (χ1) is 40.6. The molecule has 474 valence electrons. The summed E-state index contributed by atoms with van der Waals surface area (Å²) in [5.41, 5.74) is -0.0428. The summed E-state index contributed by atoms with van der Waals surface area (Å²) >= 11 is 0. The number of carboxylic acid groups (broad SMARTS) is 6. The lowest BCUT2D eigenvalue weighted by Gasteiger charge is -2.34. The van der Waals surface area contributed by atoms with Gasteiger partial charge in [0.25, 0.3) is 0 Å². The van der Waals surface area contributed by atoms with Crippen molar-refractivity contribution in [1.82, 2.24) is 21.3 Å². The monoisotopic (exact) mass is 1210 g/mol. The minimum absolute atomic E-state index is 0.0212. The average molecular weight is 1210 g/mol. The summed E-state index contributed by atoms with van der Waals surface area (Å²) in [5, 5.41) is 67.6. The second kappa shape index (κ2) is 40.0. The summed E-state index contributed by atoms with van der Waals surface area (Å²) in [4.78, 5) is 120. The molecule has 0 bridgehead atoms. The van der Waals surface area contributed by atoms with Crippen LogP contribution in [0, 0.1) is 5.92 Å². The molecule has 0 fully saturated rings. The third-order valence-electron chi connectivity index (χ3n) is 12.4. The quantitative estimate of drug-likeness (QED) is 0.0424. The minimum Gasteiger partial charge on any atom is -0.481 e. The predicted molar refractivity (Wildman–Crippen MR) is 296 cm³/mol. The van der Waals surface area contributed by atoms with E-state index in [4.69, 9.17) is 73.3 Å². The first-order valence-electron chi connectivity index (χ1n) is 27.6. The molecule has 0 spiro atoms. The van der Waals surface area contributed by atoms with Crippen LogP contribution in [0.2, 0.25) is 0 Å². The molecule has 1 atom stereocenters. The van der Waals surface area contributed by atoms with Crippen LogP contribution in [0.1, 0.15) is 87.8 Å². The molecular weight excluding hydrogens is 1130 g/mol. The summed E-state index contributed by atoms with van der Waals surface area (Å²) in [7, 11) is 0. The van der Waals surface area contributed by atoms with Crippen molar-refractivity contribution in [3.8, 4) is 0 Å². The van der Waals surface area contributed by atoms with Crippen LogP contribution in [-0.4, -0.2) is 220 Å². The highest BCUT2D eigenvalue weighted by atomic mass is 16.6. The Morgan fingerprint density at radius 2 is 0.929 bits per heavy atom. The van der Waals surface area contributed by atoms with Crippen LogP contribution in [0.5, 0.6) is 0 Å². The SMILES string of the molecule is CC1C=Cc2cc3ccccc3c(COC(=O)NCCCC(=O)NC(COCCC(=O)NC(COCCC(=O)O)(COCCC(=O)O)COCCC(=O)O)COCCC(=O)NC(COCCC(=O)O)(COCCC(=O)O)COCCC(=O)O)c2C1. The van der Waals surface area contributed by atoms with Crippen LogP contribution >= 0.6 is 0 Å². The van der Waals surface area contributed by atoms with Crippen molar-refractivity contribution in [2.45, 2.75) is 101 Å². The van der Waals surface area contributed by atoms with Crippen molar-refractivity contribution >= 4 is 76.5 Å². The lowest BCUT2D eigenvalue weighted by atomic mass is 9.85. The van der Waals surface area contributed by atoms with Crippen molar-refractivity contribution < 1.29 is 121 Å². The van der Waals surface area contributed by atoms with Crippen LogP contribution < -0.4 is 21.3 Å². The number of nitrogens with one attached hydrogen (secondary N) is 4. The summed E-state index contributed by atoms with van der Waals surface area (Å²) in [6.07, 6.45) is 1.27. The molecule has 0 heterocycles. The molecule has 0 saturated carbocycles. The molecule has 1 aliphatic rings.